The summed E-state index contributed by atoms with van der Waals surface area (Å²) in [7, 11) is 3.82. The average molecular weight is 932 g/mol. The first-order chi connectivity index (χ1) is 31.6. The summed E-state index contributed by atoms with van der Waals surface area (Å²) in [5.41, 5.74) is 1.23. The van der Waals surface area contributed by atoms with Crippen molar-refractivity contribution in [3.05, 3.63) is 16.0 Å². The molecule has 2 amide bonds. The monoisotopic (exact) mass is 932 g/mol. The molecule has 0 bridgehead atoms. The zero-order valence-electron chi connectivity index (χ0n) is 42.0. The summed E-state index contributed by atoms with van der Waals surface area (Å²) >= 11 is 1.34. The van der Waals surface area contributed by atoms with Crippen molar-refractivity contribution in [1.82, 2.24) is 9.80 Å². The van der Waals surface area contributed by atoms with E-state index < -0.39 is 5.97 Å². The molecule has 1 aliphatic rings. The minimum Gasteiger partial charge on any atom is -0.466 e. The van der Waals surface area contributed by atoms with Crippen LogP contribution in [0.4, 0.5) is 5.00 Å². The van der Waals surface area contributed by atoms with Gasteiger partial charge in [-0.05, 0) is 77.4 Å². The van der Waals surface area contributed by atoms with Crippen LogP contribution >= 0.6 is 11.3 Å². The Balaban J connectivity index is 1.81. The largest absolute Gasteiger partial charge is 0.466 e. The standard InChI is InChI=1S/C53H93N3O8S/c1-6-9-12-15-18-19-20-23-30-40-62-49(59)36-29-28-34-47(57)54-51-50(53(61)64-42-39-55(4)5)45-37-38-56(43-46(45)65-51)48(58)35-27-24-31-41-63-52(60)44(32-25-21-16-13-10-7-2)33-26-22-17-14-11-8-3/h44H,6-43H2,1-5H3,(H,54,57). The first kappa shape index (κ1) is 58.1. The van der Waals surface area contributed by atoms with E-state index in [0.29, 0.717) is 75.5 Å². The minimum atomic E-state index is -0.467. The van der Waals surface area contributed by atoms with E-state index in [2.05, 4.69) is 26.1 Å². The van der Waals surface area contributed by atoms with E-state index >= 15 is 0 Å². The maximum Gasteiger partial charge on any atom is 0.341 e. The third-order valence-corrected chi connectivity index (χ3v) is 13.7. The summed E-state index contributed by atoms with van der Waals surface area (Å²) in [5, 5.41) is 3.43. The van der Waals surface area contributed by atoms with Crippen molar-refractivity contribution in [3.63, 3.8) is 0 Å². The van der Waals surface area contributed by atoms with Crippen LogP contribution in [0.3, 0.4) is 0 Å². The molecule has 2 heterocycles. The molecule has 0 saturated carbocycles. The molecular weight excluding hydrogens is 839 g/mol. The zero-order chi connectivity index (χ0) is 47.3. The summed E-state index contributed by atoms with van der Waals surface area (Å²) in [6.45, 7) is 9.21. The van der Waals surface area contributed by atoms with Gasteiger partial charge >= 0.3 is 17.9 Å². The van der Waals surface area contributed by atoms with E-state index in [0.717, 1.165) is 61.8 Å². The number of fused-ring (bicyclic) bond motifs is 1. The van der Waals surface area contributed by atoms with Gasteiger partial charge in [0.2, 0.25) is 11.8 Å². The second-order valence-electron chi connectivity index (χ2n) is 18.8. The number of carbonyl (C=O) groups excluding carboxylic acids is 5. The summed E-state index contributed by atoms with van der Waals surface area (Å²) in [6, 6.07) is 0. The molecule has 0 radical (unpaired) electrons. The lowest BCUT2D eigenvalue weighted by Gasteiger charge is -2.27. The smallest absolute Gasteiger partial charge is 0.341 e. The van der Waals surface area contributed by atoms with Gasteiger partial charge in [-0.25, -0.2) is 4.79 Å². The van der Waals surface area contributed by atoms with Gasteiger partial charge in [-0.3, -0.25) is 19.2 Å². The molecule has 65 heavy (non-hydrogen) atoms. The molecule has 1 aromatic heterocycles. The molecule has 0 spiro atoms. The van der Waals surface area contributed by atoms with Crippen LogP contribution in [-0.4, -0.2) is 86.5 Å². The molecule has 12 heteroatoms. The number of nitrogens with one attached hydrogen (secondary N) is 1. The number of hydrogen-bond donors (Lipinski definition) is 1. The molecule has 1 N–H and O–H groups in total. The van der Waals surface area contributed by atoms with Gasteiger partial charge in [-0.1, -0.05) is 149 Å². The lowest BCUT2D eigenvalue weighted by atomic mass is 9.94. The molecular formula is C53H93N3O8S. The molecule has 0 atom stereocenters. The number of rotatable bonds is 41. The van der Waals surface area contributed by atoms with Crippen molar-refractivity contribution in [2.45, 2.75) is 233 Å². The molecule has 0 unspecified atom stereocenters. The molecule has 11 nitrogen and oxygen atoms in total. The number of esters is 3. The van der Waals surface area contributed by atoms with Gasteiger partial charge in [0.15, 0.2) is 0 Å². The highest BCUT2D eigenvalue weighted by Gasteiger charge is 2.31. The average Bonchev–Trinajstić information content (AvgIpc) is 3.65. The van der Waals surface area contributed by atoms with Crippen molar-refractivity contribution in [3.8, 4) is 0 Å². The molecule has 0 aliphatic carbocycles. The first-order valence-corrected chi connectivity index (χ1v) is 27.3. The number of likely N-dealkylation sites (N-methyl/N-ethyl adjacent to an activating group) is 1. The molecule has 1 aliphatic heterocycles. The minimum absolute atomic E-state index is 0.00861. The van der Waals surface area contributed by atoms with Crippen molar-refractivity contribution >= 4 is 46.1 Å². The predicted octanol–water partition coefficient (Wildman–Crippen LogP) is 13.1. The second-order valence-corrected chi connectivity index (χ2v) is 19.9. The van der Waals surface area contributed by atoms with Gasteiger partial charge in [0.05, 0.1) is 31.2 Å². The van der Waals surface area contributed by atoms with Gasteiger partial charge in [-0.2, -0.15) is 0 Å². The normalized spacial score (nSPS) is 12.4. The number of nitrogens with zero attached hydrogens (tertiary/aromatic N) is 2. The van der Waals surface area contributed by atoms with Crippen LogP contribution in [0, 0.1) is 5.92 Å². The van der Waals surface area contributed by atoms with E-state index in [1.54, 1.807) is 0 Å². The van der Waals surface area contributed by atoms with Crippen LogP contribution in [0.2, 0.25) is 0 Å². The molecule has 0 saturated heterocycles. The Labute approximate surface area is 399 Å². The number of hydrogen-bond acceptors (Lipinski definition) is 10. The Morgan fingerprint density at radius 1 is 0.600 bits per heavy atom. The number of anilines is 1. The fourth-order valence-electron chi connectivity index (χ4n) is 8.45. The molecule has 1 aromatic rings. The number of amides is 2. The quantitative estimate of drug-likeness (QED) is 0.0387. The number of ether oxygens (including phenoxy) is 3. The fourth-order valence-corrected chi connectivity index (χ4v) is 9.72. The SMILES string of the molecule is CCCCCCCCCCCOC(=O)CCCCC(=O)Nc1sc2c(c1C(=O)OCCN(C)C)CCN(C(=O)CCCCCOC(=O)C(CCCCCCCC)CCCCCCCC)C2. The fraction of sp³-hybridized carbons (Fsp3) is 0.830. The van der Waals surface area contributed by atoms with Crippen molar-refractivity contribution in [1.29, 1.82) is 0 Å². The van der Waals surface area contributed by atoms with Crippen molar-refractivity contribution in [2.75, 3.05) is 52.3 Å². The third-order valence-electron chi connectivity index (χ3n) is 12.6. The topological polar surface area (TPSA) is 132 Å². The summed E-state index contributed by atoms with van der Waals surface area (Å²) in [4.78, 5) is 70.1. The van der Waals surface area contributed by atoms with Gasteiger partial charge in [0.25, 0.3) is 0 Å². The Morgan fingerprint density at radius 2 is 1.11 bits per heavy atom. The van der Waals surface area contributed by atoms with E-state index in [4.69, 9.17) is 14.2 Å². The predicted molar refractivity (Wildman–Crippen MR) is 266 cm³/mol. The lowest BCUT2D eigenvalue weighted by Crippen LogP contribution is -2.35. The molecule has 0 aromatic carbocycles. The maximum atomic E-state index is 13.5. The van der Waals surface area contributed by atoms with Gasteiger partial charge in [0, 0.05) is 37.2 Å². The van der Waals surface area contributed by atoms with E-state index in [9.17, 15) is 24.0 Å². The first-order valence-electron chi connectivity index (χ1n) is 26.5. The maximum absolute atomic E-state index is 13.5. The van der Waals surface area contributed by atoms with Gasteiger partial charge in [0.1, 0.15) is 11.6 Å². The molecule has 0 fully saturated rings. The summed E-state index contributed by atoms with van der Waals surface area (Å²) < 4.78 is 16.9. The van der Waals surface area contributed by atoms with Crippen LogP contribution < -0.4 is 5.32 Å². The van der Waals surface area contributed by atoms with E-state index in [-0.39, 0.29) is 49.1 Å². The summed E-state index contributed by atoms with van der Waals surface area (Å²) in [6.07, 6.45) is 32.1. The van der Waals surface area contributed by atoms with Crippen molar-refractivity contribution < 1.29 is 38.2 Å². The van der Waals surface area contributed by atoms with Gasteiger partial charge < -0.3 is 29.3 Å². The summed E-state index contributed by atoms with van der Waals surface area (Å²) in [5.74, 6) is -0.905. The van der Waals surface area contributed by atoms with Crippen LogP contribution in [0.25, 0.3) is 0 Å². The highest BCUT2D eigenvalue weighted by Crippen LogP contribution is 2.38. The third kappa shape index (κ3) is 27.4. The van der Waals surface area contributed by atoms with Crippen molar-refractivity contribution in [2.24, 2.45) is 5.92 Å². The Hall–Kier alpha value is -2.99. The number of thiophene rings is 1. The van der Waals surface area contributed by atoms with E-state index in [1.807, 2.05) is 23.9 Å². The van der Waals surface area contributed by atoms with E-state index in [1.165, 1.54) is 120 Å². The highest BCUT2D eigenvalue weighted by atomic mass is 32.1. The number of unbranched alkanes of at least 4 members (excludes halogenated alkanes) is 21. The van der Waals surface area contributed by atoms with Crippen LogP contribution in [0.1, 0.15) is 241 Å². The second kappa shape index (κ2) is 38.0. The zero-order valence-corrected chi connectivity index (χ0v) is 42.8. The number of carbonyl (C=O) groups is 5. The Morgan fingerprint density at radius 3 is 1.69 bits per heavy atom. The Bertz CT molecular complexity index is 1430. The molecule has 2 rings (SSSR count). The van der Waals surface area contributed by atoms with Crippen LogP contribution in [0.5, 0.6) is 0 Å². The lowest BCUT2D eigenvalue weighted by molar-refractivity contribution is -0.149. The highest BCUT2D eigenvalue weighted by molar-refractivity contribution is 7.17. The van der Waals surface area contributed by atoms with Crippen LogP contribution in [-0.2, 0) is 46.4 Å². The molecule has 374 valence electrons. The van der Waals surface area contributed by atoms with Crippen LogP contribution in [0.15, 0.2) is 0 Å². The Kier molecular flexibility index (Phi) is 34.0. The van der Waals surface area contributed by atoms with Gasteiger partial charge in [-0.15, -0.1) is 11.3 Å².